The first-order valence-electron chi connectivity index (χ1n) is 10.3. The molecule has 166 valence electrons. The fourth-order valence-electron chi connectivity index (χ4n) is 3.91. The maximum Gasteiger partial charge on any atom is 0.275 e. The van der Waals surface area contributed by atoms with Gasteiger partial charge in [-0.25, -0.2) is 4.98 Å². The highest BCUT2D eigenvalue weighted by molar-refractivity contribution is 7.17. The molecule has 1 aromatic carbocycles. The summed E-state index contributed by atoms with van der Waals surface area (Å²) in [5.74, 6) is 0.483. The van der Waals surface area contributed by atoms with Gasteiger partial charge in [-0.3, -0.25) is 14.4 Å². The number of hydrogen-bond acceptors (Lipinski definition) is 6. The third kappa shape index (κ3) is 4.57. The molecule has 0 fully saturated rings. The van der Waals surface area contributed by atoms with Crippen LogP contribution in [0, 0.1) is 5.92 Å². The van der Waals surface area contributed by atoms with Crippen molar-refractivity contribution in [3.63, 3.8) is 0 Å². The molecular weight excluding hydrogens is 428 g/mol. The van der Waals surface area contributed by atoms with Crippen molar-refractivity contribution in [2.75, 3.05) is 12.4 Å². The van der Waals surface area contributed by atoms with Gasteiger partial charge in [0.2, 0.25) is 0 Å². The summed E-state index contributed by atoms with van der Waals surface area (Å²) >= 11 is 1.37. The van der Waals surface area contributed by atoms with Gasteiger partial charge in [0.1, 0.15) is 22.3 Å². The first-order valence-corrected chi connectivity index (χ1v) is 11.1. The largest absolute Gasteiger partial charge is 0.497 e. The number of rotatable bonds is 6. The Morgan fingerprint density at radius 2 is 2.06 bits per heavy atom. The number of hydrogen-bond donors (Lipinski definition) is 3. The number of methoxy groups -OCH3 is 1. The van der Waals surface area contributed by atoms with Gasteiger partial charge in [-0.1, -0.05) is 19.1 Å². The Morgan fingerprint density at radius 1 is 1.31 bits per heavy atom. The second-order valence-corrected chi connectivity index (χ2v) is 9.08. The van der Waals surface area contributed by atoms with Crippen molar-refractivity contribution in [1.82, 2.24) is 9.97 Å². The summed E-state index contributed by atoms with van der Waals surface area (Å²) in [6, 6.07) is 8.50. The molecule has 0 saturated heterocycles. The predicted octanol–water partition coefficient (Wildman–Crippen LogP) is 2.91. The summed E-state index contributed by atoms with van der Waals surface area (Å²) in [6.45, 7) is 2.16. The molecule has 8 nitrogen and oxygen atoms in total. The van der Waals surface area contributed by atoms with E-state index in [1.807, 2.05) is 24.3 Å². The van der Waals surface area contributed by atoms with Crippen LogP contribution in [0.5, 0.6) is 5.75 Å². The normalized spacial score (nSPS) is 15.1. The van der Waals surface area contributed by atoms with Crippen molar-refractivity contribution in [3.05, 3.63) is 73.8 Å². The Morgan fingerprint density at radius 3 is 2.75 bits per heavy atom. The summed E-state index contributed by atoms with van der Waals surface area (Å²) < 4.78 is 5.15. The van der Waals surface area contributed by atoms with E-state index in [9.17, 15) is 14.4 Å². The third-order valence-electron chi connectivity index (χ3n) is 5.54. The average Bonchev–Trinajstić information content (AvgIpc) is 3.10. The highest BCUT2D eigenvalue weighted by Gasteiger charge is 2.27. The maximum atomic E-state index is 12.9. The second-order valence-electron chi connectivity index (χ2n) is 7.98. The van der Waals surface area contributed by atoms with Crippen molar-refractivity contribution in [2.24, 2.45) is 11.7 Å². The predicted molar refractivity (Wildman–Crippen MR) is 123 cm³/mol. The molecule has 0 saturated carbocycles. The van der Waals surface area contributed by atoms with Crippen LogP contribution in [0.1, 0.15) is 56.0 Å². The number of nitrogens with two attached hydrogens (primary N) is 1. The van der Waals surface area contributed by atoms with Crippen LogP contribution in [0.2, 0.25) is 0 Å². The lowest BCUT2D eigenvalue weighted by atomic mass is 9.88. The number of primary amides is 1. The topological polar surface area (TPSA) is 127 Å². The highest BCUT2D eigenvalue weighted by Crippen LogP contribution is 2.39. The molecule has 1 aliphatic carbocycles. The van der Waals surface area contributed by atoms with E-state index in [1.54, 1.807) is 7.11 Å². The van der Waals surface area contributed by atoms with Crippen LogP contribution in [-0.2, 0) is 19.3 Å². The van der Waals surface area contributed by atoms with Crippen LogP contribution in [0.3, 0.4) is 0 Å². The quantitative estimate of drug-likeness (QED) is 0.530. The molecule has 1 unspecified atom stereocenters. The summed E-state index contributed by atoms with van der Waals surface area (Å²) in [7, 11) is 1.59. The second kappa shape index (κ2) is 8.96. The molecule has 0 aliphatic heterocycles. The lowest BCUT2D eigenvalue weighted by Crippen LogP contribution is -2.22. The number of benzene rings is 1. The molecule has 2 amide bonds. The molecule has 2 heterocycles. The number of thiophene rings is 1. The number of carbonyl (C=O) groups is 2. The number of aromatic amines is 1. The summed E-state index contributed by atoms with van der Waals surface area (Å²) in [5, 5.41) is 3.18. The van der Waals surface area contributed by atoms with Crippen molar-refractivity contribution < 1.29 is 14.3 Å². The number of nitrogens with zero attached hydrogens (tertiary/aromatic N) is 1. The Labute approximate surface area is 188 Å². The van der Waals surface area contributed by atoms with E-state index in [2.05, 4.69) is 22.2 Å². The molecule has 3 aromatic rings. The number of fused-ring (bicyclic) bond motifs is 1. The van der Waals surface area contributed by atoms with Gasteiger partial charge in [0.05, 0.1) is 12.7 Å². The van der Waals surface area contributed by atoms with Crippen LogP contribution in [0.15, 0.2) is 35.1 Å². The molecule has 1 atom stereocenters. The number of carbonyl (C=O) groups excluding carboxylic acids is 2. The third-order valence-corrected chi connectivity index (χ3v) is 6.71. The standard InChI is InChI=1S/C23H24N4O4S/c1-12-3-8-15-17(9-12)32-23(20(15)21(24)29)27-22(30)16-11-19(28)26-18(25-16)10-13-4-6-14(31-2)7-5-13/h4-7,11-12H,3,8-10H2,1-2H3,(H2,24,29)(H,27,30)(H,25,26,28). The number of amides is 2. The lowest BCUT2D eigenvalue weighted by molar-refractivity contribution is 0.1000. The number of nitrogens with one attached hydrogen (secondary N) is 2. The minimum absolute atomic E-state index is 0.0209. The van der Waals surface area contributed by atoms with Crippen molar-refractivity contribution in [2.45, 2.75) is 32.6 Å². The van der Waals surface area contributed by atoms with E-state index in [4.69, 9.17) is 10.5 Å². The SMILES string of the molecule is COc1ccc(Cc2nc(C(=O)Nc3sc4c(c3C(N)=O)CCC(C)C4)cc(=O)[nH]2)cc1. The smallest absolute Gasteiger partial charge is 0.275 e. The summed E-state index contributed by atoms with van der Waals surface area (Å²) in [6.07, 6.45) is 2.93. The van der Waals surface area contributed by atoms with Gasteiger partial charge in [0.25, 0.3) is 17.4 Å². The Balaban J connectivity index is 1.59. The van der Waals surface area contributed by atoms with Gasteiger partial charge in [-0.05, 0) is 48.4 Å². The number of aromatic nitrogens is 2. The minimum atomic E-state index is -0.564. The minimum Gasteiger partial charge on any atom is -0.497 e. The highest BCUT2D eigenvalue weighted by atomic mass is 32.1. The molecule has 9 heteroatoms. The van der Waals surface area contributed by atoms with Gasteiger partial charge >= 0.3 is 0 Å². The van der Waals surface area contributed by atoms with Crippen LogP contribution in [0.4, 0.5) is 5.00 Å². The molecule has 0 radical (unpaired) electrons. The van der Waals surface area contributed by atoms with E-state index >= 15 is 0 Å². The molecule has 4 rings (SSSR count). The monoisotopic (exact) mass is 452 g/mol. The van der Waals surface area contributed by atoms with Crippen LogP contribution in [-0.4, -0.2) is 28.9 Å². The molecule has 4 N–H and O–H groups in total. The van der Waals surface area contributed by atoms with E-state index in [0.29, 0.717) is 28.7 Å². The number of ether oxygens (including phenoxy) is 1. The van der Waals surface area contributed by atoms with Crippen LogP contribution in [0.25, 0.3) is 0 Å². The molecule has 1 aliphatic rings. The number of anilines is 1. The van der Waals surface area contributed by atoms with Gasteiger partial charge in [-0.2, -0.15) is 0 Å². The van der Waals surface area contributed by atoms with Crippen LogP contribution < -0.4 is 21.3 Å². The maximum absolute atomic E-state index is 12.9. The first-order chi connectivity index (χ1) is 15.3. The van der Waals surface area contributed by atoms with E-state index in [1.165, 1.54) is 11.3 Å². The zero-order valence-electron chi connectivity index (χ0n) is 17.9. The van der Waals surface area contributed by atoms with E-state index in [-0.39, 0.29) is 5.69 Å². The zero-order valence-corrected chi connectivity index (χ0v) is 18.7. The number of H-pyrrole nitrogens is 1. The lowest BCUT2D eigenvalue weighted by Gasteiger charge is -2.18. The van der Waals surface area contributed by atoms with Crippen molar-refractivity contribution >= 4 is 28.2 Å². The van der Waals surface area contributed by atoms with Crippen molar-refractivity contribution in [3.8, 4) is 5.75 Å². The Hall–Kier alpha value is -3.46. The summed E-state index contributed by atoms with van der Waals surface area (Å²) in [5.41, 5.74) is 7.38. The van der Waals surface area contributed by atoms with E-state index < -0.39 is 17.4 Å². The molecule has 32 heavy (non-hydrogen) atoms. The molecule has 0 bridgehead atoms. The molecule has 0 spiro atoms. The molecular formula is C23H24N4O4S. The zero-order chi connectivity index (χ0) is 22.8. The van der Waals surface area contributed by atoms with Gasteiger partial charge < -0.3 is 20.8 Å². The fraction of sp³-hybridized carbons (Fsp3) is 0.304. The van der Waals surface area contributed by atoms with Gasteiger partial charge in [0, 0.05) is 17.4 Å². The summed E-state index contributed by atoms with van der Waals surface area (Å²) in [4.78, 5) is 45.3. The van der Waals surface area contributed by atoms with Gasteiger partial charge in [-0.15, -0.1) is 11.3 Å². The fourth-order valence-corrected chi connectivity index (χ4v) is 5.32. The Bertz CT molecular complexity index is 1230. The Kier molecular flexibility index (Phi) is 6.09. The average molecular weight is 453 g/mol. The van der Waals surface area contributed by atoms with Crippen LogP contribution >= 0.6 is 11.3 Å². The van der Waals surface area contributed by atoms with Gasteiger partial charge in [0.15, 0.2) is 0 Å². The van der Waals surface area contributed by atoms with Crippen molar-refractivity contribution in [1.29, 1.82) is 0 Å². The first kappa shape index (κ1) is 21.8. The van der Waals surface area contributed by atoms with E-state index in [0.717, 1.165) is 47.1 Å². The molecule has 2 aromatic heterocycles.